The van der Waals surface area contributed by atoms with Crippen molar-refractivity contribution in [1.29, 1.82) is 0 Å². The standard InChI is InChI=1S/C11H12N6O3S/c18-8-6-15(4-3-12-8)9(19)7-16-11(20)17(14-13-16)10-2-1-5-21-10/h1-2,5H,3-4,6-7H2,(H,12,18). The van der Waals surface area contributed by atoms with Crippen LogP contribution in [0.5, 0.6) is 0 Å². The molecule has 1 saturated heterocycles. The number of nitrogens with one attached hydrogen (secondary N) is 1. The Morgan fingerprint density at radius 1 is 1.38 bits per heavy atom. The van der Waals surface area contributed by atoms with Gasteiger partial charge in [-0.3, -0.25) is 9.59 Å². The van der Waals surface area contributed by atoms with Crippen molar-refractivity contribution in [3.05, 3.63) is 28.0 Å². The van der Waals surface area contributed by atoms with Crippen LogP contribution in [0.15, 0.2) is 22.3 Å². The number of piperazine rings is 1. The molecule has 1 N–H and O–H groups in total. The molecule has 2 aromatic heterocycles. The van der Waals surface area contributed by atoms with Gasteiger partial charge in [0.15, 0.2) is 0 Å². The zero-order chi connectivity index (χ0) is 14.8. The van der Waals surface area contributed by atoms with E-state index in [0.29, 0.717) is 18.1 Å². The van der Waals surface area contributed by atoms with Gasteiger partial charge in [-0.15, -0.1) is 11.3 Å². The predicted molar refractivity (Wildman–Crippen MR) is 73.1 cm³/mol. The molecule has 3 heterocycles. The largest absolute Gasteiger partial charge is 0.369 e. The lowest BCUT2D eigenvalue weighted by Gasteiger charge is -2.26. The van der Waals surface area contributed by atoms with Crippen molar-refractivity contribution in [2.75, 3.05) is 19.6 Å². The fourth-order valence-electron chi connectivity index (χ4n) is 1.98. The molecule has 3 rings (SSSR count). The average Bonchev–Trinajstić information content (AvgIpc) is 3.10. The minimum atomic E-state index is -0.479. The molecule has 0 saturated carbocycles. The van der Waals surface area contributed by atoms with Crippen LogP contribution >= 0.6 is 11.3 Å². The predicted octanol–water partition coefficient (Wildman–Crippen LogP) is -1.55. The van der Waals surface area contributed by atoms with Gasteiger partial charge >= 0.3 is 5.69 Å². The fourth-order valence-corrected chi connectivity index (χ4v) is 2.65. The number of carbonyl (C=O) groups excluding carboxylic acids is 2. The van der Waals surface area contributed by atoms with E-state index in [2.05, 4.69) is 15.7 Å². The summed E-state index contributed by atoms with van der Waals surface area (Å²) in [6, 6.07) is 3.53. The Bertz CT molecular complexity index is 719. The number of nitrogens with zero attached hydrogens (tertiary/aromatic N) is 5. The van der Waals surface area contributed by atoms with Gasteiger partial charge in [0, 0.05) is 13.1 Å². The molecular weight excluding hydrogens is 296 g/mol. The number of hydrogen-bond donors (Lipinski definition) is 1. The average molecular weight is 308 g/mol. The van der Waals surface area contributed by atoms with Crippen molar-refractivity contribution in [3.63, 3.8) is 0 Å². The van der Waals surface area contributed by atoms with Gasteiger partial charge in [-0.25, -0.2) is 4.79 Å². The molecule has 1 aliphatic rings. The van der Waals surface area contributed by atoms with Crippen LogP contribution in [-0.4, -0.2) is 56.1 Å². The van der Waals surface area contributed by atoms with Crippen molar-refractivity contribution >= 4 is 23.2 Å². The molecule has 0 radical (unpaired) electrons. The third-order valence-electron chi connectivity index (χ3n) is 3.03. The maximum atomic E-state index is 12.1. The monoisotopic (exact) mass is 308 g/mol. The maximum Gasteiger partial charge on any atom is 0.369 e. The lowest BCUT2D eigenvalue weighted by molar-refractivity contribution is -0.138. The summed E-state index contributed by atoms with van der Waals surface area (Å²) in [5, 5.41) is 12.5. The van der Waals surface area contributed by atoms with Crippen molar-refractivity contribution in [2.45, 2.75) is 6.54 Å². The summed E-state index contributed by atoms with van der Waals surface area (Å²) in [6.07, 6.45) is 0. The molecule has 0 spiro atoms. The van der Waals surface area contributed by atoms with Crippen LogP contribution in [0.2, 0.25) is 0 Å². The summed E-state index contributed by atoms with van der Waals surface area (Å²) in [7, 11) is 0. The van der Waals surface area contributed by atoms with Gasteiger partial charge in [-0.05, 0) is 27.9 Å². The minimum absolute atomic E-state index is 0.00659. The summed E-state index contributed by atoms with van der Waals surface area (Å²) in [6.45, 7) is 0.629. The Morgan fingerprint density at radius 2 is 2.24 bits per heavy atom. The van der Waals surface area contributed by atoms with Crippen molar-refractivity contribution in [3.8, 4) is 5.00 Å². The Hall–Kier alpha value is -2.49. The van der Waals surface area contributed by atoms with Gasteiger partial charge in [0.1, 0.15) is 11.5 Å². The summed E-state index contributed by atoms with van der Waals surface area (Å²) in [5.74, 6) is -0.533. The van der Waals surface area contributed by atoms with Gasteiger partial charge in [0.05, 0.1) is 6.54 Å². The molecule has 110 valence electrons. The zero-order valence-corrected chi connectivity index (χ0v) is 11.7. The highest BCUT2D eigenvalue weighted by molar-refractivity contribution is 7.12. The molecule has 10 heteroatoms. The van der Waals surface area contributed by atoms with Crippen molar-refractivity contribution in [2.24, 2.45) is 0 Å². The molecule has 0 unspecified atom stereocenters. The minimum Gasteiger partial charge on any atom is -0.353 e. The SMILES string of the molecule is O=C1CN(C(=O)Cn2nnn(-c3cccs3)c2=O)CCN1. The van der Waals surface area contributed by atoms with Crippen LogP contribution in [0.1, 0.15) is 0 Å². The second-order valence-corrected chi connectivity index (χ2v) is 5.37. The molecule has 0 atom stereocenters. The van der Waals surface area contributed by atoms with Crippen LogP contribution in [0.4, 0.5) is 0 Å². The van der Waals surface area contributed by atoms with Crippen LogP contribution < -0.4 is 11.0 Å². The Labute approximate surface area is 122 Å². The highest BCUT2D eigenvalue weighted by Gasteiger charge is 2.22. The van der Waals surface area contributed by atoms with Crippen LogP contribution in [0.25, 0.3) is 5.00 Å². The second kappa shape index (κ2) is 5.48. The first-order valence-corrected chi connectivity index (χ1v) is 7.14. The first kappa shape index (κ1) is 13.5. The Morgan fingerprint density at radius 3 is 2.95 bits per heavy atom. The van der Waals surface area contributed by atoms with Crippen LogP contribution in [0.3, 0.4) is 0 Å². The number of thiophene rings is 1. The molecule has 1 aliphatic heterocycles. The summed E-state index contributed by atoms with van der Waals surface area (Å²) in [5.41, 5.74) is -0.479. The van der Waals surface area contributed by atoms with Crippen LogP contribution in [-0.2, 0) is 16.1 Å². The highest BCUT2D eigenvalue weighted by Crippen LogP contribution is 2.10. The van der Waals surface area contributed by atoms with Gasteiger partial charge in [0.25, 0.3) is 0 Å². The highest BCUT2D eigenvalue weighted by atomic mass is 32.1. The van der Waals surface area contributed by atoms with E-state index in [4.69, 9.17) is 0 Å². The number of amides is 2. The molecular formula is C11H12N6O3S. The van der Waals surface area contributed by atoms with Gasteiger partial charge in [-0.1, -0.05) is 0 Å². The number of rotatable bonds is 3. The lowest BCUT2D eigenvalue weighted by atomic mass is 10.3. The topological polar surface area (TPSA) is 102 Å². The molecule has 0 aromatic carbocycles. The second-order valence-electron chi connectivity index (χ2n) is 4.45. The Balaban J connectivity index is 1.75. The van der Waals surface area contributed by atoms with E-state index in [-0.39, 0.29) is 24.9 Å². The van der Waals surface area contributed by atoms with Gasteiger partial charge in [0.2, 0.25) is 11.8 Å². The molecule has 9 nitrogen and oxygen atoms in total. The first-order valence-electron chi connectivity index (χ1n) is 6.26. The normalized spacial score (nSPS) is 15.0. The van der Waals surface area contributed by atoms with Gasteiger partial charge in [-0.2, -0.15) is 9.36 Å². The van der Waals surface area contributed by atoms with E-state index < -0.39 is 5.69 Å². The molecule has 2 aromatic rings. The van der Waals surface area contributed by atoms with E-state index in [1.165, 1.54) is 16.2 Å². The maximum absolute atomic E-state index is 12.1. The summed E-state index contributed by atoms with van der Waals surface area (Å²) < 4.78 is 2.13. The molecule has 21 heavy (non-hydrogen) atoms. The number of carbonyl (C=O) groups is 2. The fraction of sp³-hybridized carbons (Fsp3) is 0.364. The van der Waals surface area contributed by atoms with Crippen molar-refractivity contribution < 1.29 is 9.59 Å². The first-order chi connectivity index (χ1) is 10.1. The molecule has 2 amide bonds. The van der Waals surface area contributed by atoms with Crippen molar-refractivity contribution in [1.82, 2.24) is 30.0 Å². The van der Waals surface area contributed by atoms with E-state index in [0.717, 1.165) is 9.36 Å². The number of tetrazole rings is 1. The van der Waals surface area contributed by atoms with E-state index >= 15 is 0 Å². The summed E-state index contributed by atoms with van der Waals surface area (Å²) >= 11 is 1.35. The van der Waals surface area contributed by atoms with E-state index in [1.54, 1.807) is 12.1 Å². The molecule has 0 aliphatic carbocycles. The Kier molecular flexibility index (Phi) is 3.52. The third kappa shape index (κ3) is 2.70. The van der Waals surface area contributed by atoms with E-state index in [9.17, 15) is 14.4 Å². The number of aromatic nitrogens is 4. The lowest BCUT2D eigenvalue weighted by Crippen LogP contribution is -2.51. The molecule has 0 bridgehead atoms. The zero-order valence-electron chi connectivity index (χ0n) is 10.9. The third-order valence-corrected chi connectivity index (χ3v) is 3.87. The van der Waals surface area contributed by atoms with Gasteiger partial charge < -0.3 is 10.2 Å². The summed E-state index contributed by atoms with van der Waals surface area (Å²) in [4.78, 5) is 36.8. The van der Waals surface area contributed by atoms with Crippen LogP contribution in [0, 0.1) is 0 Å². The smallest absolute Gasteiger partial charge is 0.353 e. The van der Waals surface area contributed by atoms with E-state index in [1.807, 2.05) is 5.38 Å². The quantitative estimate of drug-likeness (QED) is 0.739. The number of hydrogen-bond acceptors (Lipinski definition) is 6. The molecule has 1 fully saturated rings.